The van der Waals surface area contributed by atoms with Crippen LogP contribution < -0.4 is 9.47 Å². The third-order valence-electron chi connectivity index (χ3n) is 7.09. The molecule has 1 atom stereocenters. The number of unbranched alkanes of at least 4 members (excludes halogenated alkanes) is 2. The molecule has 0 aliphatic carbocycles. The number of ketones is 1. The van der Waals surface area contributed by atoms with Crippen LogP contribution in [-0.4, -0.2) is 79.7 Å². The van der Waals surface area contributed by atoms with Gasteiger partial charge in [0.2, 0.25) is 0 Å². The summed E-state index contributed by atoms with van der Waals surface area (Å²) in [4.78, 5) is 30.4. The highest BCUT2D eigenvalue weighted by molar-refractivity contribution is 6.46. The van der Waals surface area contributed by atoms with E-state index in [1.807, 2.05) is 24.3 Å². The molecule has 0 saturated carbocycles. The zero-order chi connectivity index (χ0) is 26.9. The topological polar surface area (TPSA) is 88.5 Å². The molecule has 4 rings (SSSR count). The quantitative estimate of drug-likeness (QED) is 0.191. The van der Waals surface area contributed by atoms with Crippen LogP contribution in [0.25, 0.3) is 5.76 Å². The third-order valence-corrected chi connectivity index (χ3v) is 7.09. The lowest BCUT2D eigenvalue weighted by molar-refractivity contribution is -0.140. The van der Waals surface area contributed by atoms with Crippen LogP contribution in [0, 0.1) is 0 Å². The predicted octanol–water partition coefficient (Wildman–Crippen LogP) is 4.41. The van der Waals surface area contributed by atoms with Gasteiger partial charge >= 0.3 is 0 Å². The van der Waals surface area contributed by atoms with Crippen LogP contribution in [0.2, 0.25) is 0 Å². The molecule has 2 aliphatic heterocycles. The number of likely N-dealkylation sites (tertiary alicyclic amines) is 1. The average Bonchev–Trinajstić information content (AvgIpc) is 3.21. The van der Waals surface area contributed by atoms with E-state index in [9.17, 15) is 14.7 Å². The van der Waals surface area contributed by atoms with E-state index in [-0.39, 0.29) is 11.3 Å². The summed E-state index contributed by atoms with van der Waals surface area (Å²) < 4.78 is 16.5. The van der Waals surface area contributed by atoms with E-state index in [2.05, 4.69) is 11.8 Å². The van der Waals surface area contributed by atoms with Crippen molar-refractivity contribution in [1.82, 2.24) is 9.80 Å². The molecule has 38 heavy (non-hydrogen) atoms. The van der Waals surface area contributed by atoms with Crippen LogP contribution >= 0.6 is 0 Å². The fourth-order valence-electron chi connectivity index (χ4n) is 4.94. The van der Waals surface area contributed by atoms with Crippen molar-refractivity contribution in [2.24, 2.45) is 0 Å². The molecular formula is C30H38N2O6. The fraction of sp³-hybridized carbons (Fsp3) is 0.467. The van der Waals surface area contributed by atoms with Crippen molar-refractivity contribution < 1.29 is 28.9 Å². The summed E-state index contributed by atoms with van der Waals surface area (Å²) in [5.41, 5.74) is 1.31. The van der Waals surface area contributed by atoms with Crippen molar-refractivity contribution in [3.63, 3.8) is 0 Å². The van der Waals surface area contributed by atoms with Crippen LogP contribution in [0.1, 0.15) is 49.8 Å². The zero-order valence-corrected chi connectivity index (χ0v) is 22.4. The number of methoxy groups -OCH3 is 1. The highest BCUT2D eigenvalue weighted by Gasteiger charge is 2.45. The van der Waals surface area contributed by atoms with Crippen LogP contribution in [0.4, 0.5) is 0 Å². The van der Waals surface area contributed by atoms with Crippen LogP contribution in [0.3, 0.4) is 0 Å². The summed E-state index contributed by atoms with van der Waals surface area (Å²) in [5.74, 6) is -0.0754. The van der Waals surface area contributed by atoms with Gasteiger partial charge < -0.3 is 24.2 Å². The van der Waals surface area contributed by atoms with Crippen molar-refractivity contribution in [1.29, 1.82) is 0 Å². The van der Waals surface area contributed by atoms with Crippen molar-refractivity contribution in [2.45, 2.75) is 38.6 Å². The van der Waals surface area contributed by atoms with E-state index in [1.165, 1.54) is 0 Å². The molecule has 0 bridgehead atoms. The number of rotatable bonds is 12. The number of amides is 1. The highest BCUT2D eigenvalue weighted by Crippen LogP contribution is 2.40. The summed E-state index contributed by atoms with van der Waals surface area (Å²) in [6.07, 6.45) is 3.94. The maximum absolute atomic E-state index is 13.3. The van der Waals surface area contributed by atoms with Crippen LogP contribution in [0.5, 0.6) is 11.5 Å². The van der Waals surface area contributed by atoms with Gasteiger partial charge in [-0.1, -0.05) is 31.9 Å². The first-order valence-corrected chi connectivity index (χ1v) is 13.5. The molecule has 204 valence electrons. The molecule has 0 spiro atoms. The Balaban J connectivity index is 1.60. The lowest BCUT2D eigenvalue weighted by atomic mass is 9.95. The Hall–Kier alpha value is -3.36. The van der Waals surface area contributed by atoms with Gasteiger partial charge in [0.05, 0.1) is 38.5 Å². The lowest BCUT2D eigenvalue weighted by Gasteiger charge is -2.29. The number of benzene rings is 2. The van der Waals surface area contributed by atoms with Crippen molar-refractivity contribution in [3.05, 3.63) is 65.2 Å². The Morgan fingerprint density at radius 2 is 1.63 bits per heavy atom. The van der Waals surface area contributed by atoms with Crippen molar-refractivity contribution in [3.8, 4) is 11.5 Å². The van der Waals surface area contributed by atoms with E-state index in [4.69, 9.17) is 14.2 Å². The van der Waals surface area contributed by atoms with E-state index in [1.54, 1.807) is 36.3 Å². The van der Waals surface area contributed by atoms with Gasteiger partial charge in [0.1, 0.15) is 17.3 Å². The number of nitrogens with zero attached hydrogens (tertiary/aromatic N) is 2. The molecule has 2 aromatic rings. The van der Waals surface area contributed by atoms with Gasteiger partial charge in [-0.3, -0.25) is 14.5 Å². The molecule has 2 saturated heterocycles. The van der Waals surface area contributed by atoms with Crippen LogP contribution in [-0.2, 0) is 14.3 Å². The number of carbonyl (C=O) groups is 2. The van der Waals surface area contributed by atoms with Gasteiger partial charge in [0.15, 0.2) is 0 Å². The highest BCUT2D eigenvalue weighted by atomic mass is 16.5. The van der Waals surface area contributed by atoms with Gasteiger partial charge in [0.25, 0.3) is 11.7 Å². The van der Waals surface area contributed by atoms with Crippen LogP contribution in [0.15, 0.2) is 54.1 Å². The number of aliphatic hydroxyl groups excluding tert-OH is 1. The number of carbonyl (C=O) groups excluding carboxylic acids is 2. The maximum Gasteiger partial charge on any atom is 0.295 e. The molecule has 0 radical (unpaired) electrons. The first kappa shape index (κ1) is 27.7. The Kier molecular flexibility index (Phi) is 9.79. The van der Waals surface area contributed by atoms with Gasteiger partial charge in [-0.15, -0.1) is 0 Å². The second-order valence-electron chi connectivity index (χ2n) is 9.65. The Morgan fingerprint density at radius 1 is 0.947 bits per heavy atom. The zero-order valence-electron chi connectivity index (χ0n) is 22.4. The first-order chi connectivity index (χ1) is 18.5. The molecular weight excluding hydrogens is 484 g/mol. The number of morpholine rings is 1. The van der Waals surface area contributed by atoms with E-state index < -0.39 is 17.7 Å². The van der Waals surface area contributed by atoms with Gasteiger partial charge in [0, 0.05) is 31.7 Å². The van der Waals surface area contributed by atoms with E-state index in [0.717, 1.165) is 50.2 Å². The minimum Gasteiger partial charge on any atom is -0.507 e. The lowest BCUT2D eigenvalue weighted by Crippen LogP contribution is -2.38. The Morgan fingerprint density at radius 3 is 2.29 bits per heavy atom. The van der Waals surface area contributed by atoms with E-state index >= 15 is 0 Å². The predicted molar refractivity (Wildman–Crippen MR) is 145 cm³/mol. The molecule has 2 heterocycles. The second-order valence-corrected chi connectivity index (χ2v) is 9.65. The largest absolute Gasteiger partial charge is 0.507 e. The molecule has 2 aromatic carbocycles. The number of Topliss-reactive ketones (excluding diaryl/α,β-unsaturated/α-hetero) is 1. The third kappa shape index (κ3) is 6.55. The fourth-order valence-corrected chi connectivity index (χ4v) is 4.94. The molecule has 1 N–H and O–H groups in total. The minimum atomic E-state index is -0.684. The summed E-state index contributed by atoms with van der Waals surface area (Å²) >= 11 is 0. The molecule has 8 nitrogen and oxygen atoms in total. The number of aliphatic hydroxyl groups is 1. The smallest absolute Gasteiger partial charge is 0.295 e. The minimum absolute atomic E-state index is 0.100. The SMILES string of the molecule is CCCCCOc1ccc(C2C(=C(O)c3ccc(OC)cc3)C(=O)C(=O)N2CCCN2CCOCC2)cc1. The number of hydrogen-bond donors (Lipinski definition) is 1. The number of ether oxygens (including phenoxy) is 3. The first-order valence-electron chi connectivity index (χ1n) is 13.5. The standard InChI is InChI=1S/C30H38N2O6/c1-3-4-5-19-38-25-13-7-22(8-14-25)27-26(28(33)23-9-11-24(36-2)12-10-23)29(34)30(35)32(27)16-6-15-31-17-20-37-21-18-31/h7-14,27,33H,3-6,15-21H2,1-2H3. The van der Waals surface area contributed by atoms with Gasteiger partial charge in [-0.25, -0.2) is 0 Å². The van der Waals surface area contributed by atoms with Gasteiger partial charge in [-0.05, 0) is 54.8 Å². The summed E-state index contributed by atoms with van der Waals surface area (Å²) in [6.45, 7) is 7.14. The van der Waals surface area contributed by atoms with Crippen molar-refractivity contribution in [2.75, 3.05) is 53.1 Å². The number of hydrogen-bond acceptors (Lipinski definition) is 7. The Labute approximate surface area is 224 Å². The second kappa shape index (κ2) is 13.4. The van der Waals surface area contributed by atoms with Crippen molar-refractivity contribution >= 4 is 17.4 Å². The maximum atomic E-state index is 13.3. The normalized spacial score (nSPS) is 19.6. The summed E-state index contributed by atoms with van der Waals surface area (Å²) in [6, 6.07) is 13.6. The summed E-state index contributed by atoms with van der Waals surface area (Å²) in [7, 11) is 1.56. The molecule has 1 amide bonds. The molecule has 1 unspecified atom stereocenters. The molecule has 2 aliphatic rings. The van der Waals surface area contributed by atoms with E-state index in [0.29, 0.717) is 44.1 Å². The average molecular weight is 523 g/mol. The van der Waals surface area contributed by atoms with Gasteiger partial charge in [-0.2, -0.15) is 0 Å². The molecule has 0 aromatic heterocycles. The molecule has 8 heteroatoms. The summed E-state index contributed by atoms with van der Waals surface area (Å²) in [5, 5.41) is 11.3. The molecule has 2 fully saturated rings. The monoisotopic (exact) mass is 522 g/mol. The Bertz CT molecular complexity index is 1110.